The van der Waals surface area contributed by atoms with Crippen molar-refractivity contribution in [2.24, 2.45) is 0 Å². The number of benzene rings is 1. The van der Waals surface area contributed by atoms with E-state index in [4.69, 9.17) is 4.74 Å². The van der Waals surface area contributed by atoms with Crippen LogP contribution in [0.25, 0.3) is 0 Å². The molecule has 0 radical (unpaired) electrons. The van der Waals surface area contributed by atoms with Gasteiger partial charge >= 0.3 is 0 Å². The average molecular weight is 298 g/mol. The molecule has 1 aromatic carbocycles. The standard InChI is InChI=1S/C18H22N2O2/c1-12-6-5-7-14(10-12)11-16-13(2)17(21)20-18(19-16)22-15-8-3-4-9-15/h5-7,10,15H,3-4,8-9,11H2,1-2H3,(H,19,20,21). The van der Waals surface area contributed by atoms with Crippen LogP contribution in [0.1, 0.15) is 48.1 Å². The van der Waals surface area contributed by atoms with E-state index >= 15 is 0 Å². The number of ether oxygens (including phenoxy) is 1. The molecular weight excluding hydrogens is 276 g/mol. The monoisotopic (exact) mass is 298 g/mol. The Labute approximate surface area is 130 Å². The van der Waals surface area contributed by atoms with Gasteiger partial charge in [0.15, 0.2) is 0 Å². The number of aromatic nitrogens is 2. The Morgan fingerprint density at radius 1 is 1.27 bits per heavy atom. The lowest BCUT2D eigenvalue weighted by Crippen LogP contribution is -2.20. The lowest BCUT2D eigenvalue weighted by Gasteiger charge is -2.13. The third-order valence-corrected chi connectivity index (χ3v) is 4.26. The van der Waals surface area contributed by atoms with E-state index in [1.165, 1.54) is 18.4 Å². The summed E-state index contributed by atoms with van der Waals surface area (Å²) in [6.07, 6.45) is 5.32. The molecule has 3 rings (SSSR count). The topological polar surface area (TPSA) is 55.0 Å². The Balaban J connectivity index is 1.86. The fraction of sp³-hybridized carbons (Fsp3) is 0.444. The van der Waals surface area contributed by atoms with Gasteiger partial charge in [0.2, 0.25) is 0 Å². The van der Waals surface area contributed by atoms with E-state index in [9.17, 15) is 4.79 Å². The van der Waals surface area contributed by atoms with Gasteiger partial charge in [-0.1, -0.05) is 29.8 Å². The van der Waals surface area contributed by atoms with Crippen LogP contribution >= 0.6 is 0 Å². The number of aromatic amines is 1. The first kappa shape index (κ1) is 14.8. The normalized spacial score (nSPS) is 15.2. The molecule has 0 amide bonds. The van der Waals surface area contributed by atoms with Crippen LogP contribution in [0, 0.1) is 13.8 Å². The van der Waals surface area contributed by atoms with Crippen LogP contribution < -0.4 is 10.3 Å². The lowest BCUT2D eigenvalue weighted by atomic mass is 10.0. The summed E-state index contributed by atoms with van der Waals surface area (Å²) < 4.78 is 5.85. The molecule has 1 heterocycles. The molecule has 116 valence electrons. The zero-order valence-electron chi connectivity index (χ0n) is 13.2. The third kappa shape index (κ3) is 3.38. The van der Waals surface area contributed by atoms with Gasteiger partial charge in [0.1, 0.15) is 6.10 Å². The van der Waals surface area contributed by atoms with E-state index in [2.05, 4.69) is 35.1 Å². The summed E-state index contributed by atoms with van der Waals surface area (Å²) in [6.45, 7) is 3.88. The molecule has 4 nitrogen and oxygen atoms in total. The quantitative estimate of drug-likeness (QED) is 0.942. The highest BCUT2D eigenvalue weighted by Crippen LogP contribution is 2.22. The van der Waals surface area contributed by atoms with Crippen molar-refractivity contribution in [2.75, 3.05) is 0 Å². The van der Waals surface area contributed by atoms with E-state index < -0.39 is 0 Å². The minimum absolute atomic E-state index is 0.106. The molecule has 1 saturated carbocycles. The van der Waals surface area contributed by atoms with E-state index in [0.717, 1.165) is 24.1 Å². The molecule has 0 atom stereocenters. The molecule has 1 N–H and O–H groups in total. The molecule has 1 aliphatic rings. The van der Waals surface area contributed by atoms with Crippen LogP contribution in [0.3, 0.4) is 0 Å². The molecular formula is C18H22N2O2. The second-order valence-corrected chi connectivity index (χ2v) is 6.13. The smallest absolute Gasteiger partial charge is 0.296 e. The Hall–Kier alpha value is -2.10. The third-order valence-electron chi connectivity index (χ3n) is 4.26. The number of aryl methyl sites for hydroxylation is 1. The van der Waals surface area contributed by atoms with Gasteiger partial charge in [-0.2, -0.15) is 0 Å². The fourth-order valence-corrected chi connectivity index (χ4v) is 2.96. The van der Waals surface area contributed by atoms with Gasteiger partial charge in [0, 0.05) is 12.0 Å². The number of hydrogen-bond donors (Lipinski definition) is 1. The summed E-state index contributed by atoms with van der Waals surface area (Å²) in [4.78, 5) is 19.4. The molecule has 0 aliphatic heterocycles. The molecule has 22 heavy (non-hydrogen) atoms. The Kier molecular flexibility index (Phi) is 4.27. The van der Waals surface area contributed by atoms with Crippen molar-refractivity contribution >= 4 is 0 Å². The minimum atomic E-state index is -0.106. The van der Waals surface area contributed by atoms with E-state index in [0.29, 0.717) is 18.0 Å². The van der Waals surface area contributed by atoms with Crippen molar-refractivity contribution in [3.05, 3.63) is 57.0 Å². The SMILES string of the molecule is Cc1cccc(Cc2nc(OC3CCCC3)[nH]c(=O)c2C)c1. The molecule has 1 fully saturated rings. The molecule has 0 saturated heterocycles. The predicted octanol–water partition coefficient (Wildman–Crippen LogP) is 3.30. The lowest BCUT2D eigenvalue weighted by molar-refractivity contribution is 0.191. The minimum Gasteiger partial charge on any atom is -0.461 e. The first-order valence-corrected chi connectivity index (χ1v) is 7.94. The zero-order chi connectivity index (χ0) is 15.5. The summed E-state index contributed by atoms with van der Waals surface area (Å²) in [5.74, 6) is 0. The first-order chi connectivity index (χ1) is 10.6. The number of H-pyrrole nitrogens is 1. The van der Waals surface area contributed by atoms with Gasteiger partial charge in [-0.05, 0) is 45.1 Å². The van der Waals surface area contributed by atoms with Crippen LogP contribution in [0.2, 0.25) is 0 Å². The summed E-state index contributed by atoms with van der Waals surface area (Å²) in [7, 11) is 0. The van der Waals surface area contributed by atoms with Crippen LogP contribution in [0.5, 0.6) is 6.01 Å². The van der Waals surface area contributed by atoms with Gasteiger partial charge in [-0.3, -0.25) is 9.78 Å². The Morgan fingerprint density at radius 3 is 2.77 bits per heavy atom. The van der Waals surface area contributed by atoms with Crippen molar-refractivity contribution in [2.45, 2.75) is 52.1 Å². The van der Waals surface area contributed by atoms with E-state index in [1.807, 2.05) is 13.0 Å². The van der Waals surface area contributed by atoms with Crippen molar-refractivity contribution < 1.29 is 4.74 Å². The fourth-order valence-electron chi connectivity index (χ4n) is 2.96. The average Bonchev–Trinajstić information content (AvgIpc) is 2.97. The van der Waals surface area contributed by atoms with Crippen molar-refractivity contribution in [3.63, 3.8) is 0 Å². The zero-order valence-corrected chi connectivity index (χ0v) is 13.2. The van der Waals surface area contributed by atoms with E-state index in [1.54, 1.807) is 0 Å². The molecule has 4 heteroatoms. The number of nitrogens with one attached hydrogen (secondary N) is 1. The highest BCUT2D eigenvalue weighted by molar-refractivity contribution is 5.29. The van der Waals surface area contributed by atoms with Crippen LogP contribution in [0.15, 0.2) is 29.1 Å². The molecule has 1 aliphatic carbocycles. The summed E-state index contributed by atoms with van der Waals surface area (Å²) in [5, 5.41) is 0. The van der Waals surface area contributed by atoms with E-state index in [-0.39, 0.29) is 11.7 Å². The van der Waals surface area contributed by atoms with Crippen LogP contribution in [0.4, 0.5) is 0 Å². The van der Waals surface area contributed by atoms with Gasteiger partial charge in [0.05, 0.1) is 5.69 Å². The maximum absolute atomic E-state index is 12.1. The Bertz CT molecular complexity index is 715. The highest BCUT2D eigenvalue weighted by Gasteiger charge is 2.18. The molecule has 1 aromatic heterocycles. The number of rotatable bonds is 4. The molecule has 2 aromatic rings. The molecule has 0 spiro atoms. The Morgan fingerprint density at radius 2 is 2.05 bits per heavy atom. The summed E-state index contributed by atoms with van der Waals surface area (Å²) in [6, 6.07) is 8.65. The van der Waals surface area contributed by atoms with Gasteiger partial charge in [-0.25, -0.2) is 4.98 Å². The molecule has 0 bridgehead atoms. The number of nitrogens with zero attached hydrogens (tertiary/aromatic N) is 1. The first-order valence-electron chi connectivity index (χ1n) is 7.94. The van der Waals surface area contributed by atoms with Crippen molar-refractivity contribution in [3.8, 4) is 6.01 Å². The van der Waals surface area contributed by atoms with Gasteiger partial charge in [-0.15, -0.1) is 0 Å². The van der Waals surface area contributed by atoms with Crippen molar-refractivity contribution in [1.29, 1.82) is 0 Å². The summed E-state index contributed by atoms with van der Waals surface area (Å²) >= 11 is 0. The van der Waals surface area contributed by atoms with Gasteiger partial charge < -0.3 is 4.74 Å². The predicted molar refractivity (Wildman–Crippen MR) is 86.5 cm³/mol. The maximum Gasteiger partial charge on any atom is 0.296 e. The second-order valence-electron chi connectivity index (χ2n) is 6.13. The maximum atomic E-state index is 12.1. The molecule has 0 unspecified atom stereocenters. The summed E-state index contributed by atoms with van der Waals surface area (Å²) in [5.41, 5.74) is 3.73. The van der Waals surface area contributed by atoms with Crippen LogP contribution in [-0.2, 0) is 6.42 Å². The van der Waals surface area contributed by atoms with Gasteiger partial charge in [0.25, 0.3) is 11.6 Å². The number of hydrogen-bond acceptors (Lipinski definition) is 3. The highest BCUT2D eigenvalue weighted by atomic mass is 16.5. The van der Waals surface area contributed by atoms with Crippen LogP contribution in [-0.4, -0.2) is 16.1 Å². The van der Waals surface area contributed by atoms with Crippen molar-refractivity contribution in [1.82, 2.24) is 9.97 Å². The largest absolute Gasteiger partial charge is 0.461 e. The second kappa shape index (κ2) is 6.34.